The molecule has 27 heavy (non-hydrogen) atoms. The molecule has 4 heteroatoms. The van der Waals surface area contributed by atoms with Gasteiger partial charge < -0.3 is 19.7 Å². The molecule has 152 valence electrons. The molecule has 4 nitrogen and oxygen atoms in total. The van der Waals surface area contributed by atoms with Gasteiger partial charge in [-0.1, -0.05) is 52.0 Å². The lowest BCUT2D eigenvalue weighted by Gasteiger charge is -2.61. The van der Waals surface area contributed by atoms with Gasteiger partial charge >= 0.3 is 0 Å². The summed E-state index contributed by atoms with van der Waals surface area (Å²) in [6.45, 7) is 11.9. The molecule has 0 aromatic rings. The monoisotopic (exact) mass is 376 g/mol. The molecule has 2 N–H and O–H groups in total. The summed E-state index contributed by atoms with van der Waals surface area (Å²) >= 11 is 0. The molecule has 4 rings (SSSR count). The highest BCUT2D eigenvalue weighted by Gasteiger charge is 2.72. The fourth-order valence-electron chi connectivity index (χ4n) is 7.20. The Hall–Kier alpha value is -0.680. The number of hydrogen-bond acceptors (Lipinski definition) is 4. The van der Waals surface area contributed by atoms with Crippen molar-refractivity contribution in [2.45, 2.75) is 71.9 Å². The summed E-state index contributed by atoms with van der Waals surface area (Å²) < 4.78 is 12.6. The molecule has 2 unspecified atom stereocenters. The first kappa shape index (κ1) is 19.6. The Kier molecular flexibility index (Phi) is 4.48. The molecule has 0 amide bonds. The van der Waals surface area contributed by atoms with Crippen molar-refractivity contribution in [1.29, 1.82) is 0 Å². The van der Waals surface area contributed by atoms with Crippen LogP contribution in [0.1, 0.15) is 53.9 Å². The van der Waals surface area contributed by atoms with Crippen molar-refractivity contribution in [3.63, 3.8) is 0 Å². The molecule has 3 fully saturated rings. The molecule has 1 spiro atoms. The summed E-state index contributed by atoms with van der Waals surface area (Å²) in [5, 5.41) is 23.1. The lowest BCUT2D eigenvalue weighted by molar-refractivity contribution is -0.261. The van der Waals surface area contributed by atoms with Crippen LogP contribution in [0.4, 0.5) is 0 Å². The standard InChI is InChI=1S/C23H36O4/c1-6-8-20(4)14-17(24)21(5)15(2)7-9-22(16(3)18(20)25)10-11-23(19(21)22)26-12-13-27-23/h6-9,15-19,24-25H,10-14H2,1-5H3/b8-6+/t15-,16+,17?,18+,19?,20+,21+,22+/m1/s1. The molecular formula is C23H36O4. The molecule has 2 saturated carbocycles. The quantitative estimate of drug-likeness (QED) is 0.686. The largest absolute Gasteiger partial charge is 0.392 e. The second-order valence-corrected chi connectivity index (χ2v) is 10.0. The van der Waals surface area contributed by atoms with Gasteiger partial charge in [-0.15, -0.1) is 0 Å². The number of aliphatic hydroxyl groups is 2. The Bertz CT molecular complexity index is 651. The van der Waals surface area contributed by atoms with Crippen molar-refractivity contribution in [2.75, 3.05) is 13.2 Å². The Morgan fingerprint density at radius 3 is 2.37 bits per heavy atom. The van der Waals surface area contributed by atoms with E-state index in [0.717, 1.165) is 12.8 Å². The molecule has 0 aromatic heterocycles. The Morgan fingerprint density at radius 1 is 1.07 bits per heavy atom. The van der Waals surface area contributed by atoms with Crippen molar-refractivity contribution >= 4 is 0 Å². The van der Waals surface area contributed by atoms with E-state index < -0.39 is 23.4 Å². The SMILES string of the molecule is C/C=C/[C@@]1(C)CC(O)[C@@]2(C)C3C4(CC[C@@]3(C=C[C@H]2C)[C@@H](C)[C@@H]1O)OCCO4. The minimum atomic E-state index is -0.628. The fraction of sp³-hybridized carbons (Fsp3) is 0.826. The molecule has 0 aromatic carbocycles. The van der Waals surface area contributed by atoms with Gasteiger partial charge in [-0.3, -0.25) is 0 Å². The van der Waals surface area contributed by atoms with Gasteiger partial charge in [0.2, 0.25) is 0 Å². The van der Waals surface area contributed by atoms with Crippen molar-refractivity contribution in [3.8, 4) is 0 Å². The predicted octanol–water partition coefficient (Wildman–Crippen LogP) is 3.68. The lowest BCUT2D eigenvalue weighted by Crippen LogP contribution is -2.64. The first-order valence-corrected chi connectivity index (χ1v) is 10.6. The number of ether oxygens (including phenoxy) is 2. The number of aliphatic hydroxyl groups excluding tert-OH is 2. The van der Waals surface area contributed by atoms with Gasteiger partial charge in [-0.2, -0.15) is 0 Å². The van der Waals surface area contributed by atoms with Crippen LogP contribution in [0, 0.1) is 34.0 Å². The minimum Gasteiger partial charge on any atom is -0.392 e. The van der Waals surface area contributed by atoms with E-state index >= 15 is 0 Å². The third-order valence-corrected chi connectivity index (χ3v) is 8.85. The van der Waals surface area contributed by atoms with E-state index in [0.29, 0.717) is 19.6 Å². The van der Waals surface area contributed by atoms with Crippen LogP contribution in [0.15, 0.2) is 24.3 Å². The summed E-state index contributed by atoms with van der Waals surface area (Å²) in [4.78, 5) is 0. The van der Waals surface area contributed by atoms with Crippen LogP contribution in [-0.2, 0) is 9.47 Å². The molecule has 8 atom stereocenters. The van der Waals surface area contributed by atoms with Crippen LogP contribution in [-0.4, -0.2) is 41.4 Å². The molecule has 4 aliphatic rings. The van der Waals surface area contributed by atoms with Crippen LogP contribution >= 0.6 is 0 Å². The summed E-state index contributed by atoms with van der Waals surface area (Å²) in [7, 11) is 0. The van der Waals surface area contributed by atoms with Crippen LogP contribution < -0.4 is 0 Å². The average Bonchev–Trinajstić information content (AvgIpc) is 3.23. The van der Waals surface area contributed by atoms with E-state index in [2.05, 4.69) is 45.9 Å². The Morgan fingerprint density at radius 2 is 1.74 bits per heavy atom. The summed E-state index contributed by atoms with van der Waals surface area (Å²) in [5.74, 6) is -0.330. The van der Waals surface area contributed by atoms with E-state index in [9.17, 15) is 10.2 Å². The Balaban J connectivity index is 1.93. The van der Waals surface area contributed by atoms with E-state index in [1.165, 1.54) is 0 Å². The zero-order chi connectivity index (χ0) is 19.7. The number of allylic oxidation sites excluding steroid dienone is 3. The van der Waals surface area contributed by atoms with Gasteiger partial charge in [0.25, 0.3) is 0 Å². The van der Waals surface area contributed by atoms with Crippen molar-refractivity contribution < 1.29 is 19.7 Å². The van der Waals surface area contributed by atoms with Crippen LogP contribution in [0.5, 0.6) is 0 Å². The van der Waals surface area contributed by atoms with Gasteiger partial charge in [0.1, 0.15) is 0 Å². The van der Waals surface area contributed by atoms with E-state index in [1.807, 2.05) is 13.0 Å². The number of rotatable bonds is 1. The first-order chi connectivity index (χ1) is 12.7. The maximum absolute atomic E-state index is 11.6. The summed E-state index contributed by atoms with van der Waals surface area (Å²) in [5.41, 5.74) is -1.05. The molecule has 2 bridgehead atoms. The maximum atomic E-state index is 11.6. The van der Waals surface area contributed by atoms with Gasteiger partial charge in [0.15, 0.2) is 5.79 Å². The second-order valence-electron chi connectivity index (χ2n) is 10.0. The van der Waals surface area contributed by atoms with Crippen molar-refractivity contribution in [2.24, 2.45) is 34.0 Å². The van der Waals surface area contributed by atoms with Crippen LogP contribution in [0.2, 0.25) is 0 Å². The lowest BCUT2D eigenvalue weighted by atomic mass is 9.45. The highest BCUT2D eigenvalue weighted by molar-refractivity contribution is 5.28. The van der Waals surface area contributed by atoms with Crippen LogP contribution in [0.3, 0.4) is 0 Å². The third kappa shape index (κ3) is 2.36. The number of hydrogen-bond donors (Lipinski definition) is 2. The molecule has 1 aliphatic heterocycles. The molecule has 0 radical (unpaired) electrons. The third-order valence-electron chi connectivity index (χ3n) is 8.85. The molecule has 1 saturated heterocycles. The second kappa shape index (κ2) is 6.16. The van der Waals surface area contributed by atoms with Gasteiger partial charge in [-0.05, 0) is 31.6 Å². The molecule has 3 aliphatic carbocycles. The van der Waals surface area contributed by atoms with Gasteiger partial charge in [0.05, 0.1) is 25.4 Å². The zero-order valence-corrected chi connectivity index (χ0v) is 17.4. The maximum Gasteiger partial charge on any atom is 0.172 e. The molecule has 1 heterocycles. The van der Waals surface area contributed by atoms with Crippen LogP contribution in [0.25, 0.3) is 0 Å². The zero-order valence-electron chi connectivity index (χ0n) is 17.4. The molecular weight excluding hydrogens is 340 g/mol. The topological polar surface area (TPSA) is 58.9 Å². The smallest absolute Gasteiger partial charge is 0.172 e. The van der Waals surface area contributed by atoms with Gasteiger partial charge in [0, 0.05) is 28.6 Å². The van der Waals surface area contributed by atoms with E-state index in [-0.39, 0.29) is 28.6 Å². The highest BCUT2D eigenvalue weighted by atomic mass is 16.7. The first-order valence-electron chi connectivity index (χ1n) is 10.6. The normalized spacial score (nSPS) is 54.3. The minimum absolute atomic E-state index is 0.0369. The summed E-state index contributed by atoms with van der Waals surface area (Å²) in [6, 6.07) is 0. The van der Waals surface area contributed by atoms with Crippen molar-refractivity contribution in [1.82, 2.24) is 0 Å². The highest BCUT2D eigenvalue weighted by Crippen LogP contribution is 2.70. The van der Waals surface area contributed by atoms with E-state index in [1.54, 1.807) is 0 Å². The predicted molar refractivity (Wildman–Crippen MR) is 105 cm³/mol. The fourth-order valence-corrected chi connectivity index (χ4v) is 7.20. The van der Waals surface area contributed by atoms with E-state index in [4.69, 9.17) is 9.47 Å². The average molecular weight is 377 g/mol. The van der Waals surface area contributed by atoms with Crippen molar-refractivity contribution in [3.05, 3.63) is 24.3 Å². The summed E-state index contributed by atoms with van der Waals surface area (Å²) in [6.07, 6.45) is 9.92. The van der Waals surface area contributed by atoms with Gasteiger partial charge in [-0.25, -0.2) is 0 Å². The Labute approximate surface area is 163 Å².